The van der Waals surface area contributed by atoms with E-state index in [2.05, 4.69) is 18.7 Å². The Morgan fingerprint density at radius 1 is 1.06 bits per heavy atom. The number of hydrogen-bond donors (Lipinski definition) is 1. The Balaban J connectivity index is 1.90. The summed E-state index contributed by atoms with van der Waals surface area (Å²) in [5.41, 5.74) is 3.28. The molecule has 4 nitrogen and oxygen atoms in total. The molecule has 34 heavy (non-hydrogen) atoms. The summed E-state index contributed by atoms with van der Waals surface area (Å²) in [5.74, 6) is -0.360. The molecular weight excluding hydrogens is 420 g/mol. The van der Waals surface area contributed by atoms with Gasteiger partial charge in [-0.25, -0.2) is 4.85 Å². The third-order valence-electron chi connectivity index (χ3n) is 5.47. The summed E-state index contributed by atoms with van der Waals surface area (Å²) in [6, 6.07) is 19.8. The van der Waals surface area contributed by atoms with Gasteiger partial charge in [-0.3, -0.25) is 4.79 Å². The van der Waals surface area contributed by atoms with E-state index in [4.69, 9.17) is 6.57 Å². The van der Waals surface area contributed by atoms with Crippen LogP contribution in [0.2, 0.25) is 0 Å². The summed E-state index contributed by atoms with van der Waals surface area (Å²) in [6.07, 6.45) is 10.5. The predicted octanol–water partition coefficient (Wildman–Crippen LogP) is 7.39. The summed E-state index contributed by atoms with van der Waals surface area (Å²) >= 11 is 0. The molecule has 1 N–H and O–H groups in total. The van der Waals surface area contributed by atoms with Crippen LogP contribution in [0.1, 0.15) is 42.6 Å². The third kappa shape index (κ3) is 6.31. The minimum atomic E-state index is -0.303. The molecule has 0 fully saturated rings. The molecule has 1 aliphatic rings. The van der Waals surface area contributed by atoms with Gasteiger partial charge in [0.25, 0.3) is 0 Å². The van der Waals surface area contributed by atoms with Crippen LogP contribution in [0.3, 0.4) is 0 Å². The number of carbonyl (C=O) groups excluding carboxylic acids is 1. The fourth-order valence-electron chi connectivity index (χ4n) is 3.92. The predicted molar refractivity (Wildman–Crippen MR) is 135 cm³/mol. The van der Waals surface area contributed by atoms with E-state index < -0.39 is 0 Å². The van der Waals surface area contributed by atoms with Crippen molar-refractivity contribution < 1.29 is 9.90 Å². The van der Waals surface area contributed by atoms with Crippen molar-refractivity contribution in [3.8, 4) is 6.07 Å². The number of nitriles is 1. The van der Waals surface area contributed by atoms with E-state index in [0.717, 1.165) is 24.0 Å². The molecule has 0 spiro atoms. The van der Waals surface area contributed by atoms with Gasteiger partial charge in [-0.05, 0) is 35.5 Å². The molecular formula is C30H26N2O2. The molecule has 0 saturated carbocycles. The number of aliphatic hydroxyl groups excluding tert-OH is 1. The first kappa shape index (κ1) is 24.2. The van der Waals surface area contributed by atoms with E-state index in [9.17, 15) is 15.2 Å². The van der Waals surface area contributed by atoms with Crippen LogP contribution in [-0.4, -0.2) is 10.9 Å². The lowest BCUT2D eigenvalue weighted by Crippen LogP contribution is -2.16. The number of hydrogen-bond acceptors (Lipinski definition) is 3. The minimum Gasteiger partial charge on any atom is -0.518 e. The zero-order chi connectivity index (χ0) is 24.6. The van der Waals surface area contributed by atoms with Gasteiger partial charge in [-0.15, -0.1) is 0 Å². The second-order valence-electron chi connectivity index (χ2n) is 8.91. The van der Waals surface area contributed by atoms with Gasteiger partial charge in [0, 0.05) is 11.1 Å². The highest BCUT2D eigenvalue weighted by molar-refractivity contribution is 6.11. The quantitative estimate of drug-likeness (QED) is 0.126. The van der Waals surface area contributed by atoms with Gasteiger partial charge >= 0.3 is 0 Å². The number of nitrogens with zero attached hydrogens (tertiary/aromatic N) is 2. The second-order valence-corrected chi connectivity index (χ2v) is 8.91. The van der Waals surface area contributed by atoms with Gasteiger partial charge in [-0.2, -0.15) is 5.26 Å². The number of allylic oxidation sites excluding steroid dienone is 8. The van der Waals surface area contributed by atoms with E-state index in [1.165, 1.54) is 0 Å². The molecule has 0 atom stereocenters. The number of carbonyl (C=O) groups is 1. The van der Waals surface area contributed by atoms with Crippen molar-refractivity contribution in [1.82, 2.24) is 0 Å². The van der Waals surface area contributed by atoms with Gasteiger partial charge in [0.05, 0.1) is 12.1 Å². The first-order chi connectivity index (χ1) is 16.3. The Morgan fingerprint density at radius 2 is 1.68 bits per heavy atom. The molecule has 0 bridgehead atoms. The van der Waals surface area contributed by atoms with E-state index in [1.807, 2.05) is 48.6 Å². The lowest BCUT2D eigenvalue weighted by atomic mass is 9.75. The summed E-state index contributed by atoms with van der Waals surface area (Å²) in [5, 5.41) is 20.0. The summed E-state index contributed by atoms with van der Waals surface area (Å²) in [7, 11) is 0. The van der Waals surface area contributed by atoms with Crippen molar-refractivity contribution in [2.24, 2.45) is 5.41 Å². The number of Topliss-reactive ketones (excluding diaryl/α,β-unsaturated/α-hetero) is 1. The first-order valence-corrected chi connectivity index (χ1v) is 11.0. The SMILES string of the molecule is [C-]#[N+]C(/C=C/C1=CC(=C/C=C(/C#N)C(=O)c2ccccc2)/CC(C)(C)C1)=C(/O)c1ccccc1. The molecule has 3 rings (SSSR count). The monoisotopic (exact) mass is 446 g/mol. The maximum absolute atomic E-state index is 12.6. The molecule has 0 radical (unpaired) electrons. The van der Waals surface area contributed by atoms with Crippen LogP contribution in [0, 0.1) is 23.3 Å². The minimum absolute atomic E-state index is 0.0339. The van der Waals surface area contributed by atoms with Crippen molar-refractivity contribution in [2.75, 3.05) is 0 Å². The average Bonchev–Trinajstić information content (AvgIpc) is 2.84. The second kappa shape index (κ2) is 10.9. The molecule has 0 heterocycles. The standard InChI is InChI=1S/C30H26N2O2/c1-30(2)19-22(14-16-26(21-31)28(33)24-10-6-4-7-11-24)18-23(20-30)15-17-27(32-3)29(34)25-12-8-5-9-13-25/h4-18,34H,19-20H2,1-2H3/b17-15+,22-14-,26-16-,29-27+. The fourth-order valence-corrected chi connectivity index (χ4v) is 3.92. The molecule has 0 saturated heterocycles. The summed E-state index contributed by atoms with van der Waals surface area (Å²) < 4.78 is 0. The lowest BCUT2D eigenvalue weighted by Gasteiger charge is -2.30. The molecule has 0 unspecified atom stereocenters. The Bertz CT molecular complexity index is 1290. The van der Waals surface area contributed by atoms with Crippen LogP contribution in [0.5, 0.6) is 0 Å². The third-order valence-corrected chi connectivity index (χ3v) is 5.47. The normalized spacial score (nSPS) is 17.5. The van der Waals surface area contributed by atoms with Crippen LogP contribution in [0.25, 0.3) is 10.6 Å². The summed E-state index contributed by atoms with van der Waals surface area (Å²) in [4.78, 5) is 16.1. The molecule has 2 aromatic rings. The average molecular weight is 447 g/mol. The van der Waals surface area contributed by atoms with Crippen LogP contribution in [0.15, 0.2) is 113 Å². The molecule has 0 aromatic heterocycles. The first-order valence-electron chi connectivity index (χ1n) is 11.0. The van der Waals surface area contributed by atoms with Crippen molar-refractivity contribution in [3.63, 3.8) is 0 Å². The van der Waals surface area contributed by atoms with E-state index >= 15 is 0 Å². The zero-order valence-electron chi connectivity index (χ0n) is 19.3. The van der Waals surface area contributed by atoms with E-state index in [-0.39, 0.29) is 28.2 Å². The highest BCUT2D eigenvalue weighted by atomic mass is 16.3. The van der Waals surface area contributed by atoms with Crippen molar-refractivity contribution >= 4 is 11.5 Å². The Hall–Kier alpha value is -4.41. The number of ketones is 1. The molecule has 0 aliphatic heterocycles. The van der Waals surface area contributed by atoms with Crippen molar-refractivity contribution in [2.45, 2.75) is 26.7 Å². The van der Waals surface area contributed by atoms with E-state index in [1.54, 1.807) is 48.6 Å². The molecule has 0 amide bonds. The van der Waals surface area contributed by atoms with Gasteiger partial charge in [0.15, 0.2) is 0 Å². The number of rotatable bonds is 6. The maximum Gasteiger partial charge on any atom is 0.228 e. The maximum atomic E-state index is 12.6. The summed E-state index contributed by atoms with van der Waals surface area (Å²) in [6.45, 7) is 11.8. The van der Waals surface area contributed by atoms with Crippen LogP contribution in [0.4, 0.5) is 0 Å². The fraction of sp³-hybridized carbons (Fsp3) is 0.167. The van der Waals surface area contributed by atoms with Gasteiger partial charge in [-0.1, -0.05) is 98.8 Å². The van der Waals surface area contributed by atoms with Crippen LogP contribution < -0.4 is 0 Å². The van der Waals surface area contributed by atoms with Crippen molar-refractivity contribution in [1.29, 1.82) is 5.26 Å². The lowest BCUT2D eigenvalue weighted by molar-refractivity contribution is 0.103. The van der Waals surface area contributed by atoms with E-state index in [0.29, 0.717) is 11.1 Å². The zero-order valence-corrected chi connectivity index (χ0v) is 19.3. The highest BCUT2D eigenvalue weighted by Crippen LogP contribution is 2.38. The molecule has 168 valence electrons. The Kier molecular flexibility index (Phi) is 7.80. The molecule has 2 aromatic carbocycles. The van der Waals surface area contributed by atoms with Crippen LogP contribution in [-0.2, 0) is 0 Å². The number of aliphatic hydroxyl groups is 1. The van der Waals surface area contributed by atoms with Gasteiger partial charge in [0.1, 0.15) is 11.8 Å². The van der Waals surface area contributed by atoms with Crippen LogP contribution >= 0.6 is 0 Å². The van der Waals surface area contributed by atoms with Crippen molar-refractivity contribution in [3.05, 3.63) is 136 Å². The molecule has 1 aliphatic carbocycles. The highest BCUT2D eigenvalue weighted by Gasteiger charge is 2.24. The van der Waals surface area contributed by atoms with Gasteiger partial charge < -0.3 is 5.11 Å². The topological polar surface area (TPSA) is 65.5 Å². The van der Waals surface area contributed by atoms with Gasteiger partial charge in [0.2, 0.25) is 11.5 Å². The smallest absolute Gasteiger partial charge is 0.228 e. The Morgan fingerprint density at radius 3 is 2.26 bits per heavy atom. The Labute approximate surface area is 201 Å². The largest absolute Gasteiger partial charge is 0.518 e. The molecule has 4 heteroatoms. The number of benzene rings is 2.